The van der Waals surface area contributed by atoms with Crippen molar-refractivity contribution in [2.45, 2.75) is 65.5 Å². The van der Waals surface area contributed by atoms with Crippen LogP contribution in [0.5, 0.6) is 0 Å². The average Bonchev–Trinajstić information content (AvgIpc) is 3.06. The molecule has 0 amide bonds. The maximum atomic E-state index is 9.65. The molecule has 0 aromatic carbocycles. The Morgan fingerprint density at radius 2 is 2.13 bits per heavy atom. The first-order valence-electron chi connectivity index (χ1n) is 11.2. The molecule has 2 aromatic rings. The van der Waals surface area contributed by atoms with E-state index in [1.807, 2.05) is 13.3 Å². The lowest BCUT2D eigenvalue weighted by Gasteiger charge is -2.43. The van der Waals surface area contributed by atoms with Gasteiger partial charge in [0.2, 0.25) is 5.95 Å². The summed E-state index contributed by atoms with van der Waals surface area (Å²) in [7, 11) is 0. The maximum absolute atomic E-state index is 9.65. The maximum Gasteiger partial charge on any atom is 0.227 e. The molecular weight excluding hydrogens is 376 g/mol. The zero-order chi connectivity index (χ0) is 21.3. The molecule has 3 heterocycles. The standard InChI is InChI=1S/C23H34N6O/c1-5-18(13-30)25-22-26-20(19-21(27-22)29(15-24-19)16(2)3)28-12-10-17-9-7-6-8-11-23(17,4)14-28/h6-7,9,15-16,18,30H,5,8,10-14H2,1-4H3,(H,25,26,27)/t18-,23?/m1/s1. The minimum absolute atomic E-state index is 0.0552. The summed E-state index contributed by atoms with van der Waals surface area (Å²) in [6, 6.07) is 0.193. The summed E-state index contributed by atoms with van der Waals surface area (Å²) in [4.78, 5) is 16.8. The lowest BCUT2D eigenvalue weighted by atomic mass is 9.74. The van der Waals surface area contributed by atoms with Crippen LogP contribution in [-0.2, 0) is 0 Å². The Bertz CT molecular complexity index is 958. The second-order valence-electron chi connectivity index (χ2n) is 9.11. The molecule has 1 saturated heterocycles. The van der Waals surface area contributed by atoms with Crippen molar-refractivity contribution in [1.82, 2.24) is 19.5 Å². The summed E-state index contributed by atoms with van der Waals surface area (Å²) < 4.78 is 2.10. The predicted molar refractivity (Wildman–Crippen MR) is 122 cm³/mol. The van der Waals surface area contributed by atoms with Gasteiger partial charge >= 0.3 is 0 Å². The second-order valence-corrected chi connectivity index (χ2v) is 9.11. The van der Waals surface area contributed by atoms with Gasteiger partial charge in [-0.15, -0.1) is 0 Å². The molecule has 4 rings (SSSR count). The Morgan fingerprint density at radius 3 is 2.87 bits per heavy atom. The lowest BCUT2D eigenvalue weighted by Crippen LogP contribution is -2.43. The molecule has 2 aliphatic rings. The number of nitrogens with one attached hydrogen (secondary N) is 1. The highest BCUT2D eigenvalue weighted by Gasteiger charge is 2.36. The number of fused-ring (bicyclic) bond motifs is 2. The molecule has 2 atom stereocenters. The van der Waals surface area contributed by atoms with Gasteiger partial charge in [0.1, 0.15) is 0 Å². The van der Waals surface area contributed by atoms with E-state index >= 15 is 0 Å². The number of aliphatic hydroxyl groups excluding tert-OH is 1. The highest BCUT2D eigenvalue weighted by atomic mass is 16.3. The van der Waals surface area contributed by atoms with Gasteiger partial charge in [-0.05, 0) is 39.5 Å². The molecule has 162 valence electrons. The van der Waals surface area contributed by atoms with Crippen LogP contribution >= 0.6 is 0 Å². The molecule has 7 nitrogen and oxygen atoms in total. The van der Waals surface area contributed by atoms with Crippen LogP contribution in [0.1, 0.15) is 59.4 Å². The smallest absolute Gasteiger partial charge is 0.227 e. The Morgan fingerprint density at radius 1 is 1.30 bits per heavy atom. The Hall–Kier alpha value is -2.41. The van der Waals surface area contributed by atoms with E-state index in [0.29, 0.717) is 5.95 Å². The zero-order valence-corrected chi connectivity index (χ0v) is 18.6. The molecule has 1 unspecified atom stereocenters. The van der Waals surface area contributed by atoms with Crippen molar-refractivity contribution in [3.05, 3.63) is 30.1 Å². The average molecular weight is 411 g/mol. The van der Waals surface area contributed by atoms with E-state index < -0.39 is 0 Å². The number of nitrogens with zero attached hydrogens (tertiary/aromatic N) is 5. The number of hydrogen-bond acceptors (Lipinski definition) is 6. The van der Waals surface area contributed by atoms with Crippen LogP contribution in [0, 0.1) is 5.41 Å². The third kappa shape index (κ3) is 3.83. The van der Waals surface area contributed by atoms with Crippen molar-refractivity contribution in [2.75, 3.05) is 29.9 Å². The molecule has 2 N–H and O–H groups in total. The first kappa shape index (κ1) is 20.8. The Kier molecular flexibility index (Phi) is 5.82. The quantitative estimate of drug-likeness (QED) is 0.747. The SMILES string of the molecule is CC[C@H](CO)Nc1nc(N2CCC3=CC=CCCC3(C)C2)c2ncn(C(C)C)c2n1. The third-order valence-corrected chi connectivity index (χ3v) is 6.57. The highest BCUT2D eigenvalue weighted by molar-refractivity contribution is 5.85. The highest BCUT2D eigenvalue weighted by Crippen LogP contribution is 2.42. The number of aromatic nitrogens is 4. The van der Waals surface area contributed by atoms with Crippen LogP contribution in [-0.4, -0.2) is 50.4 Å². The number of hydrogen-bond donors (Lipinski definition) is 2. The van der Waals surface area contributed by atoms with E-state index in [1.54, 1.807) is 0 Å². The largest absolute Gasteiger partial charge is 0.394 e. The minimum Gasteiger partial charge on any atom is -0.394 e. The fourth-order valence-corrected chi connectivity index (χ4v) is 4.57. The van der Waals surface area contributed by atoms with Crippen molar-refractivity contribution in [3.8, 4) is 0 Å². The van der Waals surface area contributed by atoms with E-state index in [-0.39, 0.29) is 24.1 Å². The van der Waals surface area contributed by atoms with E-state index in [1.165, 1.54) is 5.57 Å². The van der Waals surface area contributed by atoms with Crippen molar-refractivity contribution in [3.63, 3.8) is 0 Å². The van der Waals surface area contributed by atoms with E-state index in [2.05, 4.69) is 53.8 Å². The minimum atomic E-state index is -0.0629. The molecule has 7 heteroatoms. The van der Waals surface area contributed by atoms with Gasteiger partial charge in [-0.1, -0.05) is 37.6 Å². The second kappa shape index (κ2) is 8.38. The van der Waals surface area contributed by atoms with Crippen molar-refractivity contribution < 1.29 is 5.11 Å². The number of rotatable bonds is 6. The number of anilines is 2. The van der Waals surface area contributed by atoms with Crippen LogP contribution in [0.4, 0.5) is 11.8 Å². The van der Waals surface area contributed by atoms with Crippen LogP contribution in [0.25, 0.3) is 11.2 Å². The van der Waals surface area contributed by atoms with Crippen LogP contribution in [0.3, 0.4) is 0 Å². The van der Waals surface area contributed by atoms with Gasteiger partial charge in [-0.2, -0.15) is 9.97 Å². The van der Waals surface area contributed by atoms with Crippen molar-refractivity contribution >= 4 is 22.9 Å². The van der Waals surface area contributed by atoms with Crippen molar-refractivity contribution in [2.24, 2.45) is 5.41 Å². The number of imidazole rings is 1. The summed E-state index contributed by atoms with van der Waals surface area (Å²) >= 11 is 0. The normalized spacial score (nSPS) is 22.7. The summed E-state index contributed by atoms with van der Waals surface area (Å²) in [6.07, 6.45) is 12.8. The first-order chi connectivity index (χ1) is 14.4. The van der Waals surface area contributed by atoms with Crippen LogP contribution in [0.2, 0.25) is 0 Å². The van der Waals surface area contributed by atoms with Gasteiger partial charge in [0, 0.05) is 24.5 Å². The zero-order valence-electron chi connectivity index (χ0n) is 18.6. The molecule has 0 spiro atoms. The van der Waals surface area contributed by atoms with Gasteiger partial charge in [0.25, 0.3) is 0 Å². The van der Waals surface area contributed by atoms with Gasteiger partial charge in [-0.25, -0.2) is 4.98 Å². The summed E-state index contributed by atoms with van der Waals surface area (Å²) in [5, 5.41) is 13.0. The summed E-state index contributed by atoms with van der Waals surface area (Å²) in [5.41, 5.74) is 3.38. The topological polar surface area (TPSA) is 79.1 Å². The monoisotopic (exact) mass is 410 g/mol. The van der Waals surface area contributed by atoms with E-state index in [4.69, 9.17) is 15.0 Å². The van der Waals surface area contributed by atoms with Gasteiger partial charge in [0.15, 0.2) is 17.0 Å². The fourth-order valence-electron chi connectivity index (χ4n) is 4.57. The Labute approximate surface area is 178 Å². The molecule has 0 radical (unpaired) electrons. The number of allylic oxidation sites excluding steroid dienone is 3. The molecule has 1 aliphatic heterocycles. The third-order valence-electron chi connectivity index (χ3n) is 6.57. The fraction of sp³-hybridized carbons (Fsp3) is 0.609. The molecule has 1 fully saturated rings. The number of piperidine rings is 1. The number of aliphatic hydroxyl groups is 1. The van der Waals surface area contributed by atoms with E-state index in [9.17, 15) is 5.11 Å². The van der Waals surface area contributed by atoms with E-state index in [0.717, 1.165) is 55.8 Å². The van der Waals surface area contributed by atoms with Gasteiger partial charge < -0.3 is 19.9 Å². The molecule has 2 aromatic heterocycles. The van der Waals surface area contributed by atoms with Crippen LogP contribution in [0.15, 0.2) is 30.1 Å². The first-order valence-corrected chi connectivity index (χ1v) is 11.2. The summed E-state index contributed by atoms with van der Waals surface area (Å²) in [6.45, 7) is 10.6. The molecule has 1 aliphatic carbocycles. The van der Waals surface area contributed by atoms with Gasteiger partial charge in [-0.3, -0.25) is 0 Å². The predicted octanol–water partition coefficient (Wildman–Crippen LogP) is 4.08. The molecule has 0 bridgehead atoms. The molecular formula is C23H34N6O. The van der Waals surface area contributed by atoms with Crippen molar-refractivity contribution in [1.29, 1.82) is 0 Å². The Balaban J connectivity index is 1.75. The van der Waals surface area contributed by atoms with Gasteiger partial charge in [0.05, 0.1) is 19.0 Å². The molecule has 0 saturated carbocycles. The summed E-state index contributed by atoms with van der Waals surface area (Å²) in [5.74, 6) is 1.46. The lowest BCUT2D eigenvalue weighted by molar-refractivity contribution is 0.271. The van der Waals surface area contributed by atoms with Crippen LogP contribution < -0.4 is 10.2 Å². The molecule has 30 heavy (non-hydrogen) atoms.